The van der Waals surface area contributed by atoms with Crippen molar-refractivity contribution in [3.05, 3.63) is 12.3 Å². The van der Waals surface area contributed by atoms with Crippen molar-refractivity contribution in [3.8, 4) is 0 Å². The molecule has 1 N–H and O–H groups in total. The lowest BCUT2D eigenvalue weighted by Gasteiger charge is -2.36. The molecule has 0 radical (unpaired) electrons. The molecule has 14 heavy (non-hydrogen) atoms. The van der Waals surface area contributed by atoms with Crippen LogP contribution in [0, 0.1) is 5.41 Å². The summed E-state index contributed by atoms with van der Waals surface area (Å²) in [6, 6.07) is 0. The van der Waals surface area contributed by atoms with Gasteiger partial charge in [0.2, 0.25) is 0 Å². The fourth-order valence-electron chi connectivity index (χ4n) is 1.83. The van der Waals surface area contributed by atoms with Crippen LogP contribution in [0.2, 0.25) is 0 Å². The Labute approximate surface area is 83.0 Å². The molecule has 1 saturated heterocycles. The third-order valence-electron chi connectivity index (χ3n) is 2.77. The fraction of sp³-hybridized carbons (Fsp3) is 0.600. The predicted molar refractivity (Wildman–Crippen MR) is 53.4 cm³/mol. The van der Waals surface area contributed by atoms with E-state index >= 15 is 0 Å². The van der Waals surface area contributed by atoms with Crippen molar-refractivity contribution in [1.29, 1.82) is 0 Å². The van der Waals surface area contributed by atoms with Gasteiger partial charge >= 0.3 is 0 Å². The molecule has 0 spiro atoms. The molecular weight excluding hydrogens is 180 g/mol. The summed E-state index contributed by atoms with van der Waals surface area (Å²) in [7, 11) is 0. The SMILES string of the molecule is O=CC1(C2CNCCO2)C=CN=CC1. The molecule has 2 heterocycles. The first-order valence-corrected chi connectivity index (χ1v) is 4.85. The van der Waals surface area contributed by atoms with Gasteiger partial charge in [0.15, 0.2) is 0 Å². The van der Waals surface area contributed by atoms with Crippen molar-refractivity contribution in [2.24, 2.45) is 10.4 Å². The van der Waals surface area contributed by atoms with Crippen LogP contribution in [0.5, 0.6) is 0 Å². The summed E-state index contributed by atoms with van der Waals surface area (Å²) in [4.78, 5) is 15.1. The van der Waals surface area contributed by atoms with E-state index in [-0.39, 0.29) is 6.10 Å². The second-order valence-electron chi connectivity index (χ2n) is 3.65. The predicted octanol–water partition coefficient (Wildman–Crippen LogP) is 0.148. The number of carbonyl (C=O) groups is 1. The van der Waals surface area contributed by atoms with Crippen molar-refractivity contribution in [1.82, 2.24) is 5.32 Å². The lowest BCUT2D eigenvalue weighted by Crippen LogP contribution is -2.49. The van der Waals surface area contributed by atoms with Gasteiger partial charge in [0.1, 0.15) is 6.29 Å². The van der Waals surface area contributed by atoms with Crippen molar-refractivity contribution in [2.45, 2.75) is 12.5 Å². The van der Waals surface area contributed by atoms with E-state index in [9.17, 15) is 4.79 Å². The number of nitrogens with zero attached hydrogens (tertiary/aromatic N) is 1. The van der Waals surface area contributed by atoms with Crippen molar-refractivity contribution < 1.29 is 9.53 Å². The van der Waals surface area contributed by atoms with Crippen LogP contribution in [-0.2, 0) is 9.53 Å². The molecular formula is C10H14N2O2. The van der Waals surface area contributed by atoms with Crippen LogP contribution < -0.4 is 5.32 Å². The maximum Gasteiger partial charge on any atom is 0.133 e. The Hall–Kier alpha value is -1.00. The first-order chi connectivity index (χ1) is 6.87. The van der Waals surface area contributed by atoms with E-state index in [1.807, 2.05) is 6.08 Å². The van der Waals surface area contributed by atoms with E-state index in [0.29, 0.717) is 13.0 Å². The second-order valence-corrected chi connectivity index (χ2v) is 3.65. The number of hydrogen-bond acceptors (Lipinski definition) is 4. The van der Waals surface area contributed by atoms with E-state index in [4.69, 9.17) is 4.74 Å². The Morgan fingerprint density at radius 1 is 1.64 bits per heavy atom. The monoisotopic (exact) mass is 194 g/mol. The van der Waals surface area contributed by atoms with Crippen molar-refractivity contribution in [2.75, 3.05) is 19.7 Å². The first-order valence-electron chi connectivity index (χ1n) is 4.85. The van der Waals surface area contributed by atoms with Gasteiger partial charge < -0.3 is 14.8 Å². The molecule has 0 bridgehead atoms. The summed E-state index contributed by atoms with van der Waals surface area (Å²) < 4.78 is 5.60. The summed E-state index contributed by atoms with van der Waals surface area (Å²) in [6.45, 7) is 2.27. The number of aldehydes is 1. The Kier molecular flexibility index (Phi) is 2.74. The molecule has 0 aromatic heterocycles. The van der Waals surface area contributed by atoms with Gasteiger partial charge in [-0.05, 0) is 6.08 Å². The van der Waals surface area contributed by atoms with Crippen LogP contribution in [0.15, 0.2) is 17.3 Å². The quantitative estimate of drug-likeness (QED) is 0.636. The van der Waals surface area contributed by atoms with E-state index in [1.165, 1.54) is 0 Å². The third-order valence-corrected chi connectivity index (χ3v) is 2.77. The first kappa shape index (κ1) is 9.55. The molecule has 0 amide bonds. The van der Waals surface area contributed by atoms with Gasteiger partial charge in [-0.2, -0.15) is 0 Å². The van der Waals surface area contributed by atoms with Crippen LogP contribution in [0.1, 0.15) is 6.42 Å². The number of morpholine rings is 1. The largest absolute Gasteiger partial charge is 0.374 e. The molecule has 0 aliphatic carbocycles. The highest BCUT2D eigenvalue weighted by atomic mass is 16.5. The molecule has 0 aromatic rings. The van der Waals surface area contributed by atoms with Gasteiger partial charge in [0.25, 0.3) is 0 Å². The van der Waals surface area contributed by atoms with E-state index in [1.54, 1.807) is 12.4 Å². The molecule has 4 nitrogen and oxygen atoms in total. The van der Waals surface area contributed by atoms with Crippen LogP contribution >= 0.6 is 0 Å². The standard InChI is InChI=1S/C10H14N2O2/c13-8-10(1-3-11-4-2-10)9-7-12-5-6-14-9/h1,3-4,8-9,12H,2,5-7H2. The Morgan fingerprint density at radius 2 is 2.57 bits per heavy atom. The van der Waals surface area contributed by atoms with Crippen LogP contribution in [-0.4, -0.2) is 38.3 Å². The highest BCUT2D eigenvalue weighted by Crippen LogP contribution is 2.30. The zero-order valence-electron chi connectivity index (χ0n) is 7.98. The lowest BCUT2D eigenvalue weighted by atomic mass is 9.79. The molecule has 2 atom stereocenters. The molecule has 2 aliphatic heterocycles. The molecule has 4 heteroatoms. The number of nitrogens with one attached hydrogen (secondary N) is 1. The van der Waals surface area contributed by atoms with E-state index < -0.39 is 5.41 Å². The Balaban J connectivity index is 2.14. The number of ether oxygens (including phenoxy) is 1. The highest BCUT2D eigenvalue weighted by Gasteiger charge is 2.38. The molecule has 2 aliphatic rings. The smallest absolute Gasteiger partial charge is 0.133 e. The van der Waals surface area contributed by atoms with E-state index in [0.717, 1.165) is 19.4 Å². The summed E-state index contributed by atoms with van der Waals surface area (Å²) in [5.41, 5.74) is -0.505. The summed E-state index contributed by atoms with van der Waals surface area (Å²) in [5, 5.41) is 3.23. The molecule has 2 unspecified atom stereocenters. The van der Waals surface area contributed by atoms with Crippen LogP contribution in [0.4, 0.5) is 0 Å². The molecule has 76 valence electrons. The van der Waals surface area contributed by atoms with Crippen molar-refractivity contribution >= 4 is 12.5 Å². The lowest BCUT2D eigenvalue weighted by molar-refractivity contribution is -0.123. The number of carbonyl (C=O) groups excluding carboxylic acids is 1. The molecule has 1 fully saturated rings. The third kappa shape index (κ3) is 1.63. The minimum absolute atomic E-state index is 0.0586. The Morgan fingerprint density at radius 3 is 3.14 bits per heavy atom. The normalized spacial score (nSPS) is 37.0. The average molecular weight is 194 g/mol. The van der Waals surface area contributed by atoms with Gasteiger partial charge in [0, 0.05) is 31.9 Å². The number of aliphatic imine (C=N–C) groups is 1. The van der Waals surface area contributed by atoms with Crippen LogP contribution in [0.25, 0.3) is 0 Å². The number of rotatable bonds is 2. The maximum atomic E-state index is 11.2. The van der Waals surface area contributed by atoms with Gasteiger partial charge in [0.05, 0.1) is 18.1 Å². The van der Waals surface area contributed by atoms with Gasteiger partial charge in [-0.3, -0.25) is 4.99 Å². The summed E-state index contributed by atoms with van der Waals surface area (Å²) in [5.74, 6) is 0. The maximum absolute atomic E-state index is 11.2. The number of hydrogen-bond donors (Lipinski definition) is 1. The van der Waals surface area contributed by atoms with Gasteiger partial charge in [-0.1, -0.05) is 0 Å². The molecule has 0 saturated carbocycles. The highest BCUT2D eigenvalue weighted by molar-refractivity contribution is 5.74. The van der Waals surface area contributed by atoms with Crippen molar-refractivity contribution in [3.63, 3.8) is 0 Å². The molecule has 2 rings (SSSR count). The zero-order valence-corrected chi connectivity index (χ0v) is 7.98. The summed E-state index contributed by atoms with van der Waals surface area (Å²) >= 11 is 0. The average Bonchev–Trinajstić information content (AvgIpc) is 2.31. The minimum Gasteiger partial charge on any atom is -0.374 e. The Bertz CT molecular complexity index is 269. The van der Waals surface area contributed by atoms with Crippen LogP contribution in [0.3, 0.4) is 0 Å². The summed E-state index contributed by atoms with van der Waals surface area (Å²) in [6.07, 6.45) is 6.85. The second kappa shape index (κ2) is 4.02. The van der Waals surface area contributed by atoms with E-state index in [2.05, 4.69) is 10.3 Å². The fourth-order valence-corrected chi connectivity index (χ4v) is 1.83. The minimum atomic E-state index is -0.505. The van der Waals surface area contributed by atoms with Gasteiger partial charge in [-0.15, -0.1) is 0 Å². The topological polar surface area (TPSA) is 50.7 Å². The van der Waals surface area contributed by atoms with Gasteiger partial charge in [-0.25, -0.2) is 0 Å². The zero-order chi connectivity index (χ0) is 9.86. The molecule has 0 aromatic carbocycles.